The summed E-state index contributed by atoms with van der Waals surface area (Å²) in [6.07, 6.45) is 2.25. The molecule has 1 heterocycles. The van der Waals surface area contributed by atoms with Gasteiger partial charge in [-0.2, -0.15) is 0 Å². The fourth-order valence-corrected chi connectivity index (χ4v) is 3.25. The van der Waals surface area contributed by atoms with Crippen molar-refractivity contribution in [3.8, 4) is 0 Å². The smallest absolute Gasteiger partial charge is 0.239 e. The first-order chi connectivity index (χ1) is 8.51. The number of nitrogens with zero attached hydrogens (tertiary/aromatic N) is 1. The maximum atomic E-state index is 11.8. The van der Waals surface area contributed by atoms with Gasteiger partial charge in [-0.25, -0.2) is 0 Å². The number of hydrogen-bond donors (Lipinski definition) is 2. The van der Waals surface area contributed by atoms with Crippen LogP contribution in [-0.4, -0.2) is 53.9 Å². The molecule has 0 aromatic rings. The van der Waals surface area contributed by atoms with Crippen molar-refractivity contribution >= 4 is 18.3 Å². The van der Waals surface area contributed by atoms with E-state index in [2.05, 4.69) is 0 Å². The van der Waals surface area contributed by atoms with Gasteiger partial charge in [0.1, 0.15) is 0 Å². The Morgan fingerprint density at radius 2 is 2.11 bits per heavy atom. The Balaban J connectivity index is 0.00000180. The van der Waals surface area contributed by atoms with E-state index in [-0.39, 0.29) is 35.9 Å². The minimum Gasteiger partial charge on any atom is -0.392 e. The lowest BCUT2D eigenvalue weighted by Gasteiger charge is -2.56. The third-order valence-electron chi connectivity index (χ3n) is 4.51. The number of piperidine rings is 1. The number of carbonyl (C=O) groups excluding carboxylic acids is 1. The summed E-state index contributed by atoms with van der Waals surface area (Å²) < 4.78 is 5.70. The fourth-order valence-electron chi connectivity index (χ4n) is 3.25. The van der Waals surface area contributed by atoms with E-state index in [0.29, 0.717) is 19.7 Å². The van der Waals surface area contributed by atoms with Crippen LogP contribution in [0.4, 0.5) is 0 Å². The molecule has 1 aliphatic heterocycles. The molecule has 1 saturated carbocycles. The number of nitrogens with two attached hydrogens (primary N) is 1. The summed E-state index contributed by atoms with van der Waals surface area (Å²) in [6.45, 7) is 5.74. The summed E-state index contributed by atoms with van der Waals surface area (Å²) in [4.78, 5) is 13.6. The number of aliphatic hydroxyl groups is 1. The van der Waals surface area contributed by atoms with Crippen molar-refractivity contribution in [1.29, 1.82) is 0 Å². The lowest BCUT2D eigenvalue weighted by Crippen LogP contribution is -2.63. The lowest BCUT2D eigenvalue weighted by atomic mass is 9.58. The normalized spacial score (nSPS) is 30.4. The topological polar surface area (TPSA) is 75.8 Å². The molecule has 0 radical (unpaired) electrons. The zero-order valence-corrected chi connectivity index (χ0v) is 12.5. The van der Waals surface area contributed by atoms with Crippen LogP contribution in [0.5, 0.6) is 0 Å². The van der Waals surface area contributed by atoms with E-state index in [4.69, 9.17) is 10.5 Å². The van der Waals surface area contributed by atoms with Crippen LogP contribution in [0.3, 0.4) is 0 Å². The van der Waals surface area contributed by atoms with Crippen LogP contribution < -0.4 is 5.73 Å². The minimum atomic E-state index is -0.437. The zero-order valence-electron chi connectivity index (χ0n) is 11.7. The van der Waals surface area contributed by atoms with Gasteiger partial charge in [-0.05, 0) is 26.7 Å². The highest BCUT2D eigenvalue weighted by Gasteiger charge is 2.56. The second-order valence-corrected chi connectivity index (χ2v) is 5.54. The van der Waals surface area contributed by atoms with E-state index in [1.165, 1.54) is 0 Å². The summed E-state index contributed by atoms with van der Waals surface area (Å²) in [5, 5.41) is 10.0. The van der Waals surface area contributed by atoms with Crippen LogP contribution in [0.1, 0.15) is 33.1 Å². The van der Waals surface area contributed by atoms with Crippen molar-refractivity contribution in [2.75, 3.05) is 19.7 Å². The van der Waals surface area contributed by atoms with Crippen molar-refractivity contribution < 1.29 is 14.6 Å². The molecule has 0 aromatic heterocycles. The Kier molecular flexibility index (Phi) is 5.62. The molecule has 3 N–H and O–H groups in total. The largest absolute Gasteiger partial charge is 0.392 e. The lowest BCUT2D eigenvalue weighted by molar-refractivity contribution is -0.210. The minimum absolute atomic E-state index is 0. The molecule has 1 aliphatic carbocycles. The van der Waals surface area contributed by atoms with Crippen LogP contribution in [0.15, 0.2) is 0 Å². The number of carbonyl (C=O) groups is 1. The van der Waals surface area contributed by atoms with Crippen molar-refractivity contribution in [2.45, 2.75) is 51.4 Å². The molecule has 0 bridgehead atoms. The molecular formula is C13H25ClN2O3. The molecule has 2 fully saturated rings. The number of likely N-dealkylation sites (tertiary alicyclic amines) is 1. The number of halogens is 1. The number of hydrogen-bond acceptors (Lipinski definition) is 4. The van der Waals surface area contributed by atoms with Gasteiger partial charge in [0.15, 0.2) is 0 Å². The van der Waals surface area contributed by atoms with Gasteiger partial charge in [-0.15, -0.1) is 12.4 Å². The van der Waals surface area contributed by atoms with Gasteiger partial charge in [0.25, 0.3) is 0 Å². The van der Waals surface area contributed by atoms with Gasteiger partial charge in [-0.1, -0.05) is 0 Å². The number of ether oxygens (including phenoxy) is 1. The van der Waals surface area contributed by atoms with Crippen molar-refractivity contribution in [2.24, 2.45) is 11.1 Å². The molecule has 112 valence electrons. The van der Waals surface area contributed by atoms with E-state index < -0.39 is 6.04 Å². The number of rotatable bonds is 3. The quantitative estimate of drug-likeness (QED) is 0.796. The Labute approximate surface area is 120 Å². The molecule has 3 atom stereocenters. The Morgan fingerprint density at radius 3 is 2.53 bits per heavy atom. The fraction of sp³-hybridized carbons (Fsp3) is 0.923. The first-order valence-corrected chi connectivity index (χ1v) is 6.85. The van der Waals surface area contributed by atoms with Crippen molar-refractivity contribution in [3.05, 3.63) is 0 Å². The first kappa shape index (κ1) is 16.7. The van der Waals surface area contributed by atoms with E-state index in [0.717, 1.165) is 19.3 Å². The average molecular weight is 293 g/mol. The number of amides is 1. The van der Waals surface area contributed by atoms with Crippen LogP contribution in [0.25, 0.3) is 0 Å². The van der Waals surface area contributed by atoms with Crippen LogP contribution in [-0.2, 0) is 9.53 Å². The summed E-state index contributed by atoms with van der Waals surface area (Å²) in [5.41, 5.74) is 5.50. The third-order valence-corrected chi connectivity index (χ3v) is 4.51. The summed E-state index contributed by atoms with van der Waals surface area (Å²) in [7, 11) is 0. The summed E-state index contributed by atoms with van der Waals surface area (Å²) in [5.74, 6) is 0.00613. The zero-order chi connectivity index (χ0) is 13.3. The van der Waals surface area contributed by atoms with Crippen LogP contribution in [0, 0.1) is 5.41 Å². The molecule has 1 spiro atoms. The van der Waals surface area contributed by atoms with E-state index >= 15 is 0 Å². The maximum absolute atomic E-state index is 11.8. The first-order valence-electron chi connectivity index (χ1n) is 6.85. The molecule has 6 heteroatoms. The Bertz CT molecular complexity index is 315. The van der Waals surface area contributed by atoms with Gasteiger partial charge in [-0.3, -0.25) is 4.79 Å². The maximum Gasteiger partial charge on any atom is 0.239 e. The SMILES string of the molecule is CCOC1CC(O)C12CCN(C(=O)[C@@H](C)N)CC2.Cl. The molecule has 5 nitrogen and oxygen atoms in total. The highest BCUT2D eigenvalue weighted by atomic mass is 35.5. The van der Waals surface area contributed by atoms with E-state index in [9.17, 15) is 9.90 Å². The molecule has 1 amide bonds. The molecular weight excluding hydrogens is 268 g/mol. The average Bonchev–Trinajstić information content (AvgIpc) is 2.38. The highest BCUT2D eigenvalue weighted by Crippen LogP contribution is 2.50. The molecule has 2 unspecified atom stereocenters. The molecule has 1 saturated heterocycles. The van der Waals surface area contributed by atoms with Crippen LogP contribution >= 0.6 is 12.4 Å². The van der Waals surface area contributed by atoms with Gasteiger partial charge in [0.05, 0.1) is 18.2 Å². The standard InChI is InChI=1S/C13H24N2O3.ClH/c1-3-18-11-8-10(16)13(11)4-6-15(7-5-13)12(17)9(2)14;/h9-11,16H,3-8,14H2,1-2H3;1H/t9-,10?,11?;/m1./s1. The van der Waals surface area contributed by atoms with Gasteiger partial charge in [0.2, 0.25) is 5.91 Å². The van der Waals surface area contributed by atoms with E-state index in [1.54, 1.807) is 6.92 Å². The third kappa shape index (κ3) is 2.89. The summed E-state index contributed by atoms with van der Waals surface area (Å²) in [6, 6.07) is -0.437. The second-order valence-electron chi connectivity index (χ2n) is 5.54. The predicted molar refractivity (Wildman–Crippen MR) is 75.2 cm³/mol. The highest BCUT2D eigenvalue weighted by molar-refractivity contribution is 5.85. The summed E-state index contributed by atoms with van der Waals surface area (Å²) >= 11 is 0. The molecule has 0 aromatic carbocycles. The molecule has 2 aliphatic rings. The molecule has 2 rings (SSSR count). The molecule has 19 heavy (non-hydrogen) atoms. The second kappa shape index (κ2) is 6.39. The Hall–Kier alpha value is -0.360. The monoisotopic (exact) mass is 292 g/mol. The predicted octanol–water partition coefficient (Wildman–Crippen LogP) is 0.534. The van der Waals surface area contributed by atoms with Crippen molar-refractivity contribution in [3.63, 3.8) is 0 Å². The van der Waals surface area contributed by atoms with E-state index in [1.807, 2.05) is 11.8 Å². The van der Waals surface area contributed by atoms with Crippen molar-refractivity contribution in [1.82, 2.24) is 4.90 Å². The Morgan fingerprint density at radius 1 is 1.53 bits per heavy atom. The van der Waals surface area contributed by atoms with Gasteiger partial charge < -0.3 is 20.5 Å². The van der Waals surface area contributed by atoms with Gasteiger partial charge >= 0.3 is 0 Å². The number of aliphatic hydroxyl groups excluding tert-OH is 1. The van der Waals surface area contributed by atoms with Crippen LogP contribution in [0.2, 0.25) is 0 Å². The van der Waals surface area contributed by atoms with Gasteiger partial charge in [0, 0.05) is 31.5 Å².